The van der Waals surface area contributed by atoms with Gasteiger partial charge in [-0.25, -0.2) is 0 Å². The van der Waals surface area contributed by atoms with E-state index in [1.807, 2.05) is 45.3 Å². The number of fused-ring (bicyclic) bond motifs is 12. The van der Waals surface area contributed by atoms with Crippen LogP contribution in [0.5, 0.6) is 0 Å². The molecule has 0 amide bonds. The van der Waals surface area contributed by atoms with Gasteiger partial charge >= 0.3 is 0 Å². The fourth-order valence-electron chi connectivity index (χ4n) is 20.0. The Morgan fingerprint density at radius 1 is 0.183 bits per heavy atom. The zero-order chi connectivity index (χ0) is 82.5. The van der Waals surface area contributed by atoms with E-state index in [-0.39, 0.29) is 0 Å². The van der Waals surface area contributed by atoms with Gasteiger partial charge in [-0.3, -0.25) is 0 Å². The van der Waals surface area contributed by atoms with Gasteiger partial charge in [-0.2, -0.15) is 0 Å². The third-order valence-corrected chi connectivity index (χ3v) is 31.8. The minimum atomic E-state index is 1.05. The summed E-state index contributed by atoms with van der Waals surface area (Å²) in [7, 11) is 0. The minimum absolute atomic E-state index is 1.05. The van der Waals surface area contributed by atoms with E-state index in [4.69, 9.17) is 0 Å². The molecule has 0 unspecified atom stereocenters. The molecule has 4 nitrogen and oxygen atoms in total. The normalized spacial score (nSPS) is 12.2. The van der Waals surface area contributed by atoms with Crippen molar-refractivity contribution >= 4 is 133 Å². The standard InChI is InChI=1S/C112H150N4S4/c1-7-13-19-25-29-33-37-41-45-51-71-113-100-63-57-85(75-92(100)96-80-105-97(81-104(96)113)93-76-86(108-67-61-90(118-108)55-49-23-17-11-5)58-64-101(93)114(105)72-52-46-42-38-34-30-26-20-14-8-2)89-79-112(117-84-89)111-70-69-110(120-111)88-60-66-103-95(78-88)99-83-106-98(82-107(99)116(103)74-54-48-44-40-36-32-28-22-16-10-4)94-77-87(109-68-62-91(119-109)56-50-24-18-12-6)59-65-102(94)115(106)73-53-47-43-39-35-31-27-21-15-9-3/h57-70,75-84H,7-56,71-74H2,1-6H3. The van der Waals surface area contributed by atoms with Gasteiger partial charge in [0.25, 0.3) is 0 Å². The number of benzene rings is 6. The van der Waals surface area contributed by atoms with Crippen molar-refractivity contribution in [3.63, 3.8) is 0 Å². The monoisotopic (exact) mass is 1680 g/mol. The van der Waals surface area contributed by atoms with Crippen molar-refractivity contribution < 1.29 is 0 Å². The Bertz CT molecular complexity index is 5090. The summed E-state index contributed by atoms with van der Waals surface area (Å²) in [5.74, 6) is 0. The van der Waals surface area contributed by atoms with E-state index >= 15 is 0 Å². The summed E-state index contributed by atoms with van der Waals surface area (Å²) in [5.41, 5.74) is 17.9. The average molecular weight is 1680 g/mol. The molecule has 120 heavy (non-hydrogen) atoms. The van der Waals surface area contributed by atoms with Crippen molar-refractivity contribution in [3.8, 4) is 52.2 Å². The van der Waals surface area contributed by atoms with Gasteiger partial charge in [0.15, 0.2) is 0 Å². The second-order valence-corrected chi connectivity index (χ2v) is 40.9. The number of hydrogen-bond donors (Lipinski definition) is 0. The highest BCUT2D eigenvalue weighted by molar-refractivity contribution is 7.23. The van der Waals surface area contributed by atoms with Gasteiger partial charge in [0.2, 0.25) is 0 Å². The van der Waals surface area contributed by atoms with Gasteiger partial charge in [-0.05, 0) is 200 Å². The van der Waals surface area contributed by atoms with E-state index in [2.05, 4.69) is 205 Å². The molecule has 0 bridgehead atoms. The highest BCUT2D eigenvalue weighted by Gasteiger charge is 2.23. The topological polar surface area (TPSA) is 19.7 Å². The fraction of sp³-hybridized carbons (Fsp3) is 0.536. The van der Waals surface area contributed by atoms with Crippen LogP contribution in [0.25, 0.3) is 139 Å². The van der Waals surface area contributed by atoms with Crippen LogP contribution in [0.2, 0.25) is 0 Å². The van der Waals surface area contributed by atoms with Gasteiger partial charge in [0.1, 0.15) is 0 Å². The first-order valence-corrected chi connectivity index (χ1v) is 53.1. The van der Waals surface area contributed by atoms with Crippen molar-refractivity contribution in [2.45, 2.75) is 389 Å². The highest BCUT2D eigenvalue weighted by Crippen LogP contribution is 2.47. The molecular formula is C112H150N4S4. The fourth-order valence-corrected chi connectivity index (χ4v) is 24.2. The summed E-state index contributed by atoms with van der Waals surface area (Å²) in [4.78, 5) is 9.92. The molecule has 642 valence electrons. The number of aromatic nitrogens is 4. The van der Waals surface area contributed by atoms with Gasteiger partial charge in [0.05, 0.1) is 0 Å². The smallest absolute Gasteiger partial charge is 0.0499 e. The van der Waals surface area contributed by atoms with E-state index in [9.17, 15) is 0 Å². The predicted molar refractivity (Wildman–Crippen MR) is 540 cm³/mol. The van der Waals surface area contributed by atoms with Crippen LogP contribution < -0.4 is 0 Å². The highest BCUT2D eigenvalue weighted by atomic mass is 32.1. The lowest BCUT2D eigenvalue weighted by atomic mass is 10.0. The first-order chi connectivity index (χ1) is 59.4. The quantitative estimate of drug-likeness (QED) is 0.0339. The molecule has 0 aliphatic heterocycles. The van der Waals surface area contributed by atoms with Crippen LogP contribution in [0.3, 0.4) is 0 Å². The first-order valence-electron chi connectivity index (χ1n) is 49.8. The number of hydrogen-bond acceptors (Lipinski definition) is 4. The van der Waals surface area contributed by atoms with Crippen LogP contribution in [-0.4, -0.2) is 18.3 Å². The number of aryl methyl sites for hydroxylation is 6. The van der Waals surface area contributed by atoms with Gasteiger partial charge in [-0.15, -0.1) is 45.3 Å². The maximum Gasteiger partial charge on any atom is 0.0499 e. The van der Waals surface area contributed by atoms with Crippen molar-refractivity contribution in [3.05, 3.63) is 155 Å². The van der Waals surface area contributed by atoms with Crippen molar-refractivity contribution in [1.82, 2.24) is 18.3 Å². The zero-order valence-corrected chi connectivity index (χ0v) is 78.7. The summed E-state index contributed by atoms with van der Waals surface area (Å²) < 4.78 is 11.0. The molecule has 0 saturated heterocycles. The van der Waals surface area contributed by atoms with E-state index in [1.54, 1.807) is 0 Å². The van der Waals surface area contributed by atoms with Gasteiger partial charge in [-0.1, -0.05) is 335 Å². The molecule has 0 atom stereocenters. The van der Waals surface area contributed by atoms with Crippen LogP contribution in [0.1, 0.15) is 359 Å². The average Bonchev–Trinajstić information content (AvgIpc) is 1.57. The first kappa shape index (κ1) is 89.6. The Morgan fingerprint density at radius 2 is 0.425 bits per heavy atom. The Kier molecular flexibility index (Phi) is 35.4. The molecule has 0 saturated carbocycles. The van der Waals surface area contributed by atoms with E-state index in [0.29, 0.717) is 0 Å². The Labute approximate surface area is 740 Å². The minimum Gasteiger partial charge on any atom is -0.340 e. The molecule has 14 rings (SSSR count). The lowest BCUT2D eigenvalue weighted by Gasteiger charge is -2.09. The number of unbranched alkanes of at least 4 members (excludes halogenated alkanes) is 42. The second kappa shape index (κ2) is 47.4. The zero-order valence-electron chi connectivity index (χ0n) is 75.5. The van der Waals surface area contributed by atoms with Crippen LogP contribution in [-0.2, 0) is 39.0 Å². The number of rotatable bonds is 59. The van der Waals surface area contributed by atoms with Crippen molar-refractivity contribution in [2.75, 3.05) is 0 Å². The van der Waals surface area contributed by atoms with Gasteiger partial charge in [0, 0.05) is 148 Å². The van der Waals surface area contributed by atoms with Crippen LogP contribution in [0, 0.1) is 0 Å². The Morgan fingerprint density at radius 3 is 0.733 bits per heavy atom. The summed E-state index contributed by atoms with van der Waals surface area (Å²) in [6.07, 6.45) is 66.8. The summed E-state index contributed by atoms with van der Waals surface area (Å²) in [6, 6.07) is 57.7. The van der Waals surface area contributed by atoms with Crippen LogP contribution >= 0.6 is 45.3 Å². The molecule has 0 spiro atoms. The molecule has 0 aliphatic rings. The van der Waals surface area contributed by atoms with E-state index in [0.717, 1.165) is 26.2 Å². The van der Waals surface area contributed by atoms with E-state index in [1.165, 1.54) is 470 Å². The molecule has 0 N–H and O–H groups in total. The lowest BCUT2D eigenvalue weighted by Crippen LogP contribution is -1.99. The van der Waals surface area contributed by atoms with Crippen molar-refractivity contribution in [1.29, 1.82) is 0 Å². The number of thiophene rings is 4. The molecule has 8 aromatic heterocycles. The molecule has 8 heteroatoms. The molecule has 6 aromatic carbocycles. The second-order valence-electron chi connectivity index (χ2n) is 36.6. The molecular weight excluding hydrogens is 1530 g/mol. The third kappa shape index (κ3) is 23.3. The lowest BCUT2D eigenvalue weighted by molar-refractivity contribution is 0.541. The van der Waals surface area contributed by atoms with Crippen LogP contribution in [0.15, 0.2) is 145 Å². The Hall–Kier alpha value is -6.68. The summed E-state index contributed by atoms with van der Waals surface area (Å²) in [5, 5.41) is 13.7. The number of nitrogens with zero attached hydrogens (tertiary/aromatic N) is 4. The van der Waals surface area contributed by atoms with E-state index < -0.39 is 0 Å². The molecule has 14 aromatic rings. The molecule has 8 heterocycles. The van der Waals surface area contributed by atoms with Gasteiger partial charge < -0.3 is 18.3 Å². The maximum absolute atomic E-state index is 2.74. The molecule has 0 aliphatic carbocycles. The third-order valence-electron chi connectivity index (χ3n) is 27.2. The predicted octanol–water partition coefficient (Wildman–Crippen LogP) is 38.6. The maximum atomic E-state index is 2.74. The molecule has 0 radical (unpaired) electrons. The summed E-state index contributed by atoms with van der Waals surface area (Å²) >= 11 is 7.94. The summed E-state index contributed by atoms with van der Waals surface area (Å²) in [6.45, 7) is 18.2. The Balaban J connectivity index is 0.781. The molecule has 0 fully saturated rings. The van der Waals surface area contributed by atoms with Crippen molar-refractivity contribution in [2.24, 2.45) is 0 Å². The SMILES string of the molecule is CCCCCCCCCCCCn1c2ccc(-c3csc(-c4ccc(-c5ccc6c(c5)c5cc7c(cc5n6CCCCCCCCCCCC)c5cc(-c6ccc(CCCCCC)s6)ccc5n7CCCCCCCCCCCC)s4)c3)cc2c2cc3c(cc21)c1cc(-c2ccc(CCCCCC)s2)ccc1n3CCCCCCCCCCCC. The largest absolute Gasteiger partial charge is 0.340 e. The van der Waals surface area contributed by atoms with Crippen LogP contribution in [0.4, 0.5) is 0 Å².